The molecule has 0 radical (unpaired) electrons. The smallest absolute Gasteiger partial charge is 0.148 e. The van der Waals surface area contributed by atoms with E-state index in [1.807, 2.05) is 24.3 Å². The molecule has 1 heterocycles. The number of piperidine rings is 1. The molecule has 3 heteroatoms. The van der Waals surface area contributed by atoms with Gasteiger partial charge in [-0.1, -0.05) is 28.1 Å². The second-order valence-electron chi connectivity index (χ2n) is 3.76. The predicted octanol–water partition coefficient (Wildman–Crippen LogP) is 3.00. The van der Waals surface area contributed by atoms with Crippen molar-refractivity contribution in [3.05, 3.63) is 34.3 Å². The second-order valence-corrected chi connectivity index (χ2v) is 4.67. The summed E-state index contributed by atoms with van der Waals surface area (Å²) in [7, 11) is 0. The number of hydrogen-bond acceptors (Lipinski definition) is 1. The number of nitrogens with one attached hydrogen (secondary N) is 1. The monoisotopic (exact) mass is 257 g/mol. The van der Waals surface area contributed by atoms with Crippen molar-refractivity contribution in [1.29, 1.82) is 0 Å². The molecule has 1 aromatic rings. The molecule has 1 aromatic carbocycles. The molecule has 1 fully saturated rings. The van der Waals surface area contributed by atoms with E-state index < -0.39 is 5.67 Å². The molecule has 1 aliphatic heterocycles. The van der Waals surface area contributed by atoms with Crippen LogP contribution in [0.1, 0.15) is 18.4 Å². The molecule has 0 saturated carbocycles. The van der Waals surface area contributed by atoms with Crippen molar-refractivity contribution in [3.63, 3.8) is 0 Å². The van der Waals surface area contributed by atoms with Crippen LogP contribution in [0.4, 0.5) is 4.39 Å². The highest BCUT2D eigenvalue weighted by Crippen LogP contribution is 2.33. The molecule has 1 saturated heterocycles. The van der Waals surface area contributed by atoms with Crippen LogP contribution in [0.25, 0.3) is 0 Å². The van der Waals surface area contributed by atoms with E-state index in [4.69, 9.17) is 0 Å². The van der Waals surface area contributed by atoms with Gasteiger partial charge in [-0.2, -0.15) is 0 Å². The summed E-state index contributed by atoms with van der Waals surface area (Å²) < 4.78 is 15.3. The maximum atomic E-state index is 14.4. The van der Waals surface area contributed by atoms with Gasteiger partial charge in [-0.05, 0) is 37.1 Å². The molecule has 1 aliphatic rings. The van der Waals surface area contributed by atoms with Gasteiger partial charge in [0.15, 0.2) is 0 Å². The average Bonchev–Trinajstić information content (AvgIpc) is 2.19. The van der Waals surface area contributed by atoms with Crippen LogP contribution in [0.5, 0.6) is 0 Å². The molecule has 1 nitrogen and oxygen atoms in total. The second kappa shape index (κ2) is 3.99. The normalized spacial score (nSPS) is 27.6. The van der Waals surface area contributed by atoms with Gasteiger partial charge in [0.1, 0.15) is 5.67 Å². The molecular weight excluding hydrogens is 245 g/mol. The standard InChI is InChI=1S/C11H13BrFN/c12-10-4-1-3-9(7-10)11(13)5-2-6-14-8-11/h1,3-4,7,14H,2,5-6,8H2. The van der Waals surface area contributed by atoms with Crippen LogP contribution in [-0.2, 0) is 5.67 Å². The van der Waals surface area contributed by atoms with E-state index in [0.29, 0.717) is 13.0 Å². The molecule has 0 amide bonds. The Hall–Kier alpha value is -0.410. The molecule has 0 spiro atoms. The first-order chi connectivity index (χ1) is 6.71. The third-order valence-electron chi connectivity index (χ3n) is 2.67. The molecule has 76 valence electrons. The van der Waals surface area contributed by atoms with Crippen LogP contribution >= 0.6 is 15.9 Å². The van der Waals surface area contributed by atoms with E-state index in [2.05, 4.69) is 21.2 Å². The molecule has 1 unspecified atom stereocenters. The lowest BCUT2D eigenvalue weighted by Crippen LogP contribution is -2.40. The molecule has 2 rings (SSSR count). The van der Waals surface area contributed by atoms with Gasteiger partial charge in [0.25, 0.3) is 0 Å². The summed E-state index contributed by atoms with van der Waals surface area (Å²) in [4.78, 5) is 0. The Labute approximate surface area is 91.8 Å². The highest BCUT2D eigenvalue weighted by molar-refractivity contribution is 9.10. The topological polar surface area (TPSA) is 12.0 Å². The van der Waals surface area contributed by atoms with Gasteiger partial charge in [-0.3, -0.25) is 0 Å². The fraction of sp³-hybridized carbons (Fsp3) is 0.455. The van der Waals surface area contributed by atoms with E-state index in [1.54, 1.807) is 0 Å². The van der Waals surface area contributed by atoms with Crippen molar-refractivity contribution in [2.24, 2.45) is 0 Å². The van der Waals surface area contributed by atoms with Gasteiger partial charge in [-0.25, -0.2) is 4.39 Å². The van der Waals surface area contributed by atoms with Crippen LogP contribution in [0, 0.1) is 0 Å². The van der Waals surface area contributed by atoms with Crippen molar-refractivity contribution in [2.45, 2.75) is 18.5 Å². The van der Waals surface area contributed by atoms with Crippen molar-refractivity contribution in [1.82, 2.24) is 5.32 Å². The van der Waals surface area contributed by atoms with Crippen molar-refractivity contribution >= 4 is 15.9 Å². The third kappa shape index (κ3) is 1.98. The summed E-state index contributed by atoms with van der Waals surface area (Å²) in [5.41, 5.74) is -0.402. The van der Waals surface area contributed by atoms with Crippen LogP contribution in [0.15, 0.2) is 28.7 Å². The Bertz CT molecular complexity index is 321. The molecule has 0 bridgehead atoms. The molecule has 1 N–H and O–H groups in total. The zero-order valence-corrected chi connectivity index (χ0v) is 9.48. The fourth-order valence-corrected chi connectivity index (χ4v) is 2.28. The average molecular weight is 258 g/mol. The first-order valence-corrected chi connectivity index (χ1v) is 5.66. The van der Waals surface area contributed by atoms with Crippen LogP contribution < -0.4 is 5.32 Å². The number of rotatable bonds is 1. The summed E-state index contributed by atoms with van der Waals surface area (Å²) in [6.07, 6.45) is 1.53. The Balaban J connectivity index is 2.28. The lowest BCUT2D eigenvalue weighted by Gasteiger charge is -2.30. The molecule has 0 aromatic heterocycles. The minimum Gasteiger partial charge on any atom is -0.313 e. The predicted molar refractivity (Wildman–Crippen MR) is 59.0 cm³/mol. The summed E-state index contributed by atoms with van der Waals surface area (Å²) in [6, 6.07) is 7.53. The van der Waals surface area contributed by atoms with Crippen LogP contribution in [-0.4, -0.2) is 13.1 Å². The van der Waals surface area contributed by atoms with Crippen LogP contribution in [0.2, 0.25) is 0 Å². The van der Waals surface area contributed by atoms with E-state index in [1.165, 1.54) is 0 Å². The van der Waals surface area contributed by atoms with Gasteiger partial charge in [0.2, 0.25) is 0 Å². The number of benzene rings is 1. The minimum atomic E-state index is -1.18. The highest BCUT2D eigenvalue weighted by atomic mass is 79.9. The van der Waals surface area contributed by atoms with Crippen LogP contribution in [0.3, 0.4) is 0 Å². The largest absolute Gasteiger partial charge is 0.313 e. The van der Waals surface area contributed by atoms with Gasteiger partial charge in [0.05, 0.1) is 0 Å². The first kappa shape index (κ1) is 10.1. The Morgan fingerprint density at radius 3 is 2.93 bits per heavy atom. The summed E-state index contributed by atoms with van der Waals surface area (Å²) in [5, 5.41) is 3.10. The number of hydrogen-bond donors (Lipinski definition) is 1. The SMILES string of the molecule is FC1(c2cccc(Br)c2)CCCNC1. The first-order valence-electron chi connectivity index (χ1n) is 4.86. The molecule has 14 heavy (non-hydrogen) atoms. The Morgan fingerprint density at radius 1 is 1.43 bits per heavy atom. The third-order valence-corrected chi connectivity index (χ3v) is 3.17. The maximum Gasteiger partial charge on any atom is 0.148 e. The summed E-state index contributed by atoms with van der Waals surface area (Å²) in [5.74, 6) is 0. The quantitative estimate of drug-likeness (QED) is 0.816. The lowest BCUT2D eigenvalue weighted by molar-refractivity contribution is 0.122. The molecular formula is C11H13BrFN. The summed E-state index contributed by atoms with van der Waals surface area (Å²) >= 11 is 3.37. The minimum absolute atomic E-state index is 0.434. The van der Waals surface area contributed by atoms with E-state index in [9.17, 15) is 4.39 Å². The van der Waals surface area contributed by atoms with E-state index >= 15 is 0 Å². The maximum absolute atomic E-state index is 14.4. The van der Waals surface area contributed by atoms with Gasteiger partial charge in [0, 0.05) is 11.0 Å². The summed E-state index contributed by atoms with van der Waals surface area (Å²) in [6.45, 7) is 1.36. The number of halogens is 2. The zero-order chi connectivity index (χ0) is 10.0. The van der Waals surface area contributed by atoms with Gasteiger partial charge >= 0.3 is 0 Å². The van der Waals surface area contributed by atoms with Crippen molar-refractivity contribution in [3.8, 4) is 0 Å². The van der Waals surface area contributed by atoms with E-state index in [0.717, 1.165) is 23.0 Å². The molecule has 1 atom stereocenters. The van der Waals surface area contributed by atoms with Gasteiger partial charge in [-0.15, -0.1) is 0 Å². The lowest BCUT2D eigenvalue weighted by atomic mass is 9.88. The van der Waals surface area contributed by atoms with Gasteiger partial charge < -0.3 is 5.32 Å². The van der Waals surface area contributed by atoms with E-state index in [-0.39, 0.29) is 0 Å². The van der Waals surface area contributed by atoms with Crippen molar-refractivity contribution in [2.75, 3.05) is 13.1 Å². The molecule has 0 aliphatic carbocycles. The Morgan fingerprint density at radius 2 is 2.29 bits per heavy atom. The fourth-order valence-electron chi connectivity index (χ4n) is 1.88. The Kier molecular flexibility index (Phi) is 2.88. The number of alkyl halides is 1. The highest BCUT2D eigenvalue weighted by Gasteiger charge is 2.33. The van der Waals surface area contributed by atoms with Crippen molar-refractivity contribution < 1.29 is 4.39 Å². The zero-order valence-electron chi connectivity index (χ0n) is 7.89.